The van der Waals surface area contributed by atoms with Crippen LogP contribution in [0, 0.1) is 11.7 Å². The monoisotopic (exact) mass is 326 g/mol. The third-order valence-corrected chi connectivity index (χ3v) is 3.51. The number of aromatic hydroxyl groups is 2. The van der Waals surface area contributed by atoms with Crippen LogP contribution in [0.5, 0.6) is 11.5 Å². The van der Waals surface area contributed by atoms with Gasteiger partial charge in [0, 0.05) is 5.56 Å². The lowest BCUT2D eigenvalue weighted by Crippen LogP contribution is -1.95. The second-order valence-corrected chi connectivity index (χ2v) is 5.41. The normalized spacial score (nSPS) is 11.2. The summed E-state index contributed by atoms with van der Waals surface area (Å²) in [5, 5.41) is 30.1. The summed E-state index contributed by atoms with van der Waals surface area (Å²) in [4.78, 5) is 0. The Balaban J connectivity index is 2.00. The molecule has 2 aromatic carbocycles. The number of rotatable bonds is 3. The molecular formula is C16H14N4O2S. The van der Waals surface area contributed by atoms with Crippen LogP contribution in [0.1, 0.15) is 11.1 Å². The zero-order valence-corrected chi connectivity index (χ0v) is 13.1. The fraction of sp³-hybridized carbons (Fsp3) is 0.0625. The van der Waals surface area contributed by atoms with Gasteiger partial charge in [-0.05, 0) is 49.0 Å². The molecule has 23 heavy (non-hydrogen) atoms. The molecular weight excluding hydrogens is 312 g/mol. The number of nitrogens with one attached hydrogen (secondary N) is 1. The summed E-state index contributed by atoms with van der Waals surface area (Å²) in [7, 11) is 0. The first-order valence-corrected chi connectivity index (χ1v) is 7.26. The number of aryl methyl sites for hydroxylation is 1. The molecule has 1 heterocycles. The molecule has 6 nitrogen and oxygen atoms in total. The van der Waals surface area contributed by atoms with Gasteiger partial charge in [-0.25, -0.2) is 5.10 Å². The molecule has 0 aliphatic carbocycles. The third-order valence-electron chi connectivity index (χ3n) is 3.25. The smallest absolute Gasteiger partial charge is 0.216 e. The topological polar surface area (TPSA) is 86.4 Å². The van der Waals surface area contributed by atoms with E-state index >= 15 is 0 Å². The van der Waals surface area contributed by atoms with Crippen molar-refractivity contribution in [1.82, 2.24) is 14.9 Å². The summed E-state index contributed by atoms with van der Waals surface area (Å²) in [6, 6.07) is 12.3. The number of aromatic amines is 1. The molecule has 7 heteroatoms. The predicted octanol–water partition coefficient (Wildman–Crippen LogP) is 3.21. The molecule has 0 saturated heterocycles. The van der Waals surface area contributed by atoms with Crippen LogP contribution in [0.4, 0.5) is 0 Å². The number of phenolic OH excluding ortho intramolecular Hbond substituents is 2. The third kappa shape index (κ3) is 3.14. The minimum Gasteiger partial charge on any atom is -0.504 e. The van der Waals surface area contributed by atoms with E-state index in [1.807, 2.05) is 31.2 Å². The molecule has 1 aromatic heterocycles. The first-order chi connectivity index (χ1) is 11.0. The van der Waals surface area contributed by atoms with Crippen molar-refractivity contribution in [3.05, 3.63) is 58.4 Å². The van der Waals surface area contributed by atoms with Crippen LogP contribution in [0.3, 0.4) is 0 Å². The average Bonchev–Trinajstić information content (AvgIpc) is 2.89. The molecule has 0 unspecified atom stereocenters. The second kappa shape index (κ2) is 6.05. The maximum atomic E-state index is 9.52. The van der Waals surface area contributed by atoms with Crippen molar-refractivity contribution < 1.29 is 10.2 Å². The van der Waals surface area contributed by atoms with Crippen molar-refractivity contribution in [3.8, 4) is 22.9 Å². The maximum absolute atomic E-state index is 9.52. The standard InChI is InChI=1S/C16H14N4O2S/c1-10-3-2-4-12(7-10)15-18-19-16(23)20(15)17-9-11-5-6-13(21)14(22)8-11/h2-9,21-22H,1H3,(H,19,23)/b17-9-. The Morgan fingerprint density at radius 1 is 1.17 bits per heavy atom. The summed E-state index contributed by atoms with van der Waals surface area (Å²) in [6.45, 7) is 2.00. The molecule has 3 rings (SSSR count). The van der Waals surface area contributed by atoms with E-state index in [2.05, 4.69) is 15.3 Å². The van der Waals surface area contributed by atoms with Gasteiger partial charge in [0.25, 0.3) is 0 Å². The Kier molecular flexibility index (Phi) is 3.94. The maximum Gasteiger partial charge on any atom is 0.216 e. The summed E-state index contributed by atoms with van der Waals surface area (Å²) in [6.07, 6.45) is 1.53. The number of aromatic nitrogens is 3. The molecule has 116 valence electrons. The van der Waals surface area contributed by atoms with Gasteiger partial charge in [0.05, 0.1) is 6.21 Å². The highest BCUT2D eigenvalue weighted by Gasteiger charge is 2.08. The van der Waals surface area contributed by atoms with Crippen LogP contribution in [0.2, 0.25) is 0 Å². The number of hydrogen-bond donors (Lipinski definition) is 3. The van der Waals surface area contributed by atoms with E-state index in [1.165, 1.54) is 23.0 Å². The van der Waals surface area contributed by atoms with E-state index in [-0.39, 0.29) is 11.5 Å². The molecule has 3 N–H and O–H groups in total. The van der Waals surface area contributed by atoms with Gasteiger partial charge in [-0.15, -0.1) is 0 Å². The van der Waals surface area contributed by atoms with Crippen molar-refractivity contribution in [2.24, 2.45) is 5.10 Å². The van der Waals surface area contributed by atoms with Gasteiger partial charge in [-0.1, -0.05) is 23.8 Å². The van der Waals surface area contributed by atoms with E-state index < -0.39 is 0 Å². The number of hydrogen-bond acceptors (Lipinski definition) is 5. The first-order valence-electron chi connectivity index (χ1n) is 6.85. The Bertz CT molecular complexity index is 943. The van der Waals surface area contributed by atoms with E-state index in [1.54, 1.807) is 6.07 Å². The van der Waals surface area contributed by atoms with E-state index in [0.717, 1.165) is 11.1 Å². The van der Waals surface area contributed by atoms with E-state index in [9.17, 15) is 10.2 Å². The molecule has 0 spiro atoms. The quantitative estimate of drug-likeness (QED) is 0.392. The Morgan fingerprint density at radius 2 is 2.00 bits per heavy atom. The Labute approximate surface area is 137 Å². The highest BCUT2D eigenvalue weighted by atomic mass is 32.1. The molecule has 0 saturated carbocycles. The average molecular weight is 326 g/mol. The lowest BCUT2D eigenvalue weighted by molar-refractivity contribution is 0.403. The van der Waals surface area contributed by atoms with Gasteiger partial charge in [-0.2, -0.15) is 14.9 Å². The molecule has 0 aliphatic rings. The minimum atomic E-state index is -0.205. The first kappa shape index (κ1) is 15.0. The zero-order valence-electron chi connectivity index (χ0n) is 12.3. The number of nitrogens with zero attached hydrogens (tertiary/aromatic N) is 3. The molecule has 0 atom stereocenters. The number of H-pyrrole nitrogens is 1. The minimum absolute atomic E-state index is 0.178. The van der Waals surface area contributed by atoms with Crippen LogP contribution >= 0.6 is 12.2 Å². The van der Waals surface area contributed by atoms with Gasteiger partial charge in [-0.3, -0.25) is 0 Å². The fourth-order valence-electron chi connectivity index (χ4n) is 2.11. The summed E-state index contributed by atoms with van der Waals surface area (Å²) in [5.41, 5.74) is 2.62. The molecule has 0 aliphatic heterocycles. The van der Waals surface area contributed by atoms with Gasteiger partial charge >= 0.3 is 0 Å². The van der Waals surface area contributed by atoms with Crippen molar-refractivity contribution in [3.63, 3.8) is 0 Å². The van der Waals surface area contributed by atoms with Crippen LogP contribution in [0.25, 0.3) is 11.4 Å². The lowest BCUT2D eigenvalue weighted by Gasteiger charge is -2.02. The zero-order chi connectivity index (χ0) is 16.4. The van der Waals surface area contributed by atoms with Crippen LogP contribution < -0.4 is 0 Å². The Hall–Kier alpha value is -2.93. The van der Waals surface area contributed by atoms with Crippen molar-refractivity contribution in [2.45, 2.75) is 6.92 Å². The molecule has 0 fully saturated rings. The molecule has 3 aromatic rings. The number of phenols is 2. The van der Waals surface area contributed by atoms with Crippen LogP contribution in [-0.2, 0) is 0 Å². The highest BCUT2D eigenvalue weighted by Crippen LogP contribution is 2.24. The molecule has 0 bridgehead atoms. The Morgan fingerprint density at radius 3 is 2.74 bits per heavy atom. The van der Waals surface area contributed by atoms with Crippen LogP contribution in [-0.4, -0.2) is 31.3 Å². The SMILES string of the molecule is Cc1cccc(-c2n[nH]c(=S)n2/N=C\c2ccc(O)c(O)c2)c1. The number of benzene rings is 2. The van der Waals surface area contributed by atoms with Gasteiger partial charge < -0.3 is 10.2 Å². The summed E-state index contributed by atoms with van der Waals surface area (Å²) in [5.74, 6) is 0.212. The van der Waals surface area contributed by atoms with E-state index in [0.29, 0.717) is 16.2 Å². The largest absolute Gasteiger partial charge is 0.504 e. The van der Waals surface area contributed by atoms with Crippen molar-refractivity contribution in [2.75, 3.05) is 0 Å². The second-order valence-electron chi connectivity index (χ2n) is 5.03. The molecule has 0 amide bonds. The van der Waals surface area contributed by atoms with Crippen molar-refractivity contribution in [1.29, 1.82) is 0 Å². The van der Waals surface area contributed by atoms with Crippen LogP contribution in [0.15, 0.2) is 47.6 Å². The summed E-state index contributed by atoms with van der Waals surface area (Å²) >= 11 is 5.21. The van der Waals surface area contributed by atoms with E-state index in [4.69, 9.17) is 12.2 Å². The van der Waals surface area contributed by atoms with Gasteiger partial charge in [0.1, 0.15) is 0 Å². The van der Waals surface area contributed by atoms with Gasteiger partial charge in [0.15, 0.2) is 17.3 Å². The predicted molar refractivity (Wildman–Crippen MR) is 90.3 cm³/mol. The molecule has 0 radical (unpaired) electrons. The van der Waals surface area contributed by atoms with Crippen molar-refractivity contribution >= 4 is 18.4 Å². The highest BCUT2D eigenvalue weighted by molar-refractivity contribution is 7.71. The lowest BCUT2D eigenvalue weighted by atomic mass is 10.1. The summed E-state index contributed by atoms with van der Waals surface area (Å²) < 4.78 is 1.87. The van der Waals surface area contributed by atoms with Gasteiger partial charge in [0.2, 0.25) is 4.77 Å². The fourth-order valence-corrected chi connectivity index (χ4v) is 2.29.